The van der Waals surface area contributed by atoms with E-state index < -0.39 is 7.59 Å². The third-order valence-electron chi connectivity index (χ3n) is 3.17. The molecule has 0 aromatic heterocycles. The lowest BCUT2D eigenvalue weighted by Crippen LogP contribution is -2.34. The van der Waals surface area contributed by atoms with Gasteiger partial charge < -0.3 is 0 Å². The molecule has 0 bridgehead atoms. The maximum absolute atomic E-state index is 13.4. The maximum atomic E-state index is 13.4. The van der Waals surface area contributed by atoms with Crippen molar-refractivity contribution in [2.75, 3.05) is 34.7 Å². The average Bonchev–Trinajstić information content (AvgIpc) is 2.43. The molecule has 0 fully saturated rings. The molecule has 0 heterocycles. The molecule has 0 N–H and O–H groups in total. The standard InChI is InChI=1S/C15H26N3OP/c1-6-7-13-18(14-15-11-9-8-10-12-15)20(19,16(2)3)17(4)5/h6-12H,13-14H2,1-5H3/b7-6+. The minimum absolute atomic E-state index is 0.665. The Hall–Kier alpha value is -0.930. The van der Waals surface area contributed by atoms with Crippen LogP contribution in [0.3, 0.4) is 0 Å². The highest BCUT2D eigenvalue weighted by molar-refractivity contribution is 7.56. The summed E-state index contributed by atoms with van der Waals surface area (Å²) in [6, 6.07) is 10.2. The van der Waals surface area contributed by atoms with E-state index in [0.717, 1.165) is 0 Å². The molecule has 0 unspecified atom stereocenters. The van der Waals surface area contributed by atoms with E-state index in [0.29, 0.717) is 13.1 Å². The van der Waals surface area contributed by atoms with Gasteiger partial charge in [0.05, 0.1) is 0 Å². The van der Waals surface area contributed by atoms with Gasteiger partial charge in [0, 0.05) is 13.1 Å². The van der Waals surface area contributed by atoms with Gasteiger partial charge in [-0.2, -0.15) is 0 Å². The van der Waals surface area contributed by atoms with Crippen LogP contribution >= 0.6 is 7.59 Å². The Morgan fingerprint density at radius 3 is 2.05 bits per heavy atom. The van der Waals surface area contributed by atoms with E-state index in [-0.39, 0.29) is 0 Å². The molecule has 1 aromatic carbocycles. The minimum Gasteiger partial charge on any atom is -0.270 e. The second-order valence-electron chi connectivity index (χ2n) is 5.11. The van der Waals surface area contributed by atoms with Crippen LogP contribution in [-0.4, -0.2) is 48.7 Å². The molecule has 0 aliphatic rings. The van der Waals surface area contributed by atoms with Gasteiger partial charge in [-0.25, -0.2) is 14.0 Å². The Morgan fingerprint density at radius 1 is 1.05 bits per heavy atom. The molecule has 0 saturated heterocycles. The summed E-state index contributed by atoms with van der Waals surface area (Å²) >= 11 is 0. The SMILES string of the molecule is C/C=C/CN(Cc1ccccc1)P(=O)(N(C)C)N(C)C. The first kappa shape index (κ1) is 17.1. The van der Waals surface area contributed by atoms with Crippen LogP contribution in [0, 0.1) is 0 Å². The summed E-state index contributed by atoms with van der Waals surface area (Å²) < 4.78 is 19.0. The average molecular weight is 295 g/mol. The van der Waals surface area contributed by atoms with E-state index in [9.17, 15) is 4.57 Å². The molecule has 0 amide bonds. The van der Waals surface area contributed by atoms with Gasteiger partial charge in [0.15, 0.2) is 0 Å². The summed E-state index contributed by atoms with van der Waals surface area (Å²) in [4.78, 5) is 0. The normalized spacial score (nSPS) is 13.0. The Kier molecular flexibility index (Phi) is 6.63. The van der Waals surface area contributed by atoms with Crippen molar-refractivity contribution in [1.82, 2.24) is 14.0 Å². The molecule has 1 aromatic rings. The predicted molar refractivity (Wildman–Crippen MR) is 86.6 cm³/mol. The second kappa shape index (κ2) is 7.75. The van der Waals surface area contributed by atoms with Gasteiger partial charge in [-0.15, -0.1) is 0 Å². The third-order valence-corrected chi connectivity index (χ3v) is 6.30. The fourth-order valence-electron chi connectivity index (χ4n) is 2.15. The van der Waals surface area contributed by atoms with Crippen LogP contribution in [0.2, 0.25) is 0 Å². The Morgan fingerprint density at radius 2 is 1.60 bits per heavy atom. The zero-order valence-corrected chi connectivity index (χ0v) is 14.0. The van der Waals surface area contributed by atoms with Crippen molar-refractivity contribution in [3.63, 3.8) is 0 Å². The molecule has 112 valence electrons. The maximum Gasteiger partial charge on any atom is 0.286 e. The summed E-state index contributed by atoms with van der Waals surface area (Å²) in [5, 5.41) is 0. The van der Waals surface area contributed by atoms with Crippen LogP contribution in [0.5, 0.6) is 0 Å². The molecule has 0 aliphatic carbocycles. The summed E-state index contributed by atoms with van der Waals surface area (Å²) in [5.41, 5.74) is 1.17. The van der Waals surface area contributed by atoms with Gasteiger partial charge >= 0.3 is 0 Å². The molecule has 0 atom stereocenters. The lowest BCUT2D eigenvalue weighted by Gasteiger charge is -2.39. The minimum atomic E-state index is -2.72. The van der Waals surface area contributed by atoms with Crippen LogP contribution in [0.25, 0.3) is 0 Å². The van der Waals surface area contributed by atoms with E-state index in [1.807, 2.05) is 79.5 Å². The topological polar surface area (TPSA) is 26.8 Å². The molecule has 1 rings (SSSR count). The Bertz CT molecular complexity index is 459. The molecular weight excluding hydrogens is 269 g/mol. The van der Waals surface area contributed by atoms with E-state index in [1.54, 1.807) is 0 Å². The van der Waals surface area contributed by atoms with E-state index in [1.165, 1.54) is 5.56 Å². The van der Waals surface area contributed by atoms with Crippen LogP contribution < -0.4 is 0 Å². The second-order valence-corrected chi connectivity index (χ2v) is 8.30. The van der Waals surface area contributed by atoms with Crippen molar-refractivity contribution in [3.05, 3.63) is 48.0 Å². The van der Waals surface area contributed by atoms with E-state index >= 15 is 0 Å². The van der Waals surface area contributed by atoms with Gasteiger partial charge in [-0.05, 0) is 40.7 Å². The zero-order chi connectivity index (χ0) is 15.2. The van der Waals surface area contributed by atoms with Crippen molar-refractivity contribution >= 4 is 7.59 Å². The monoisotopic (exact) mass is 295 g/mol. The summed E-state index contributed by atoms with van der Waals surface area (Å²) in [7, 11) is 4.76. The van der Waals surface area contributed by atoms with Crippen molar-refractivity contribution in [3.8, 4) is 0 Å². The van der Waals surface area contributed by atoms with Crippen LogP contribution in [-0.2, 0) is 11.1 Å². The lowest BCUT2D eigenvalue weighted by molar-refractivity contribution is 0.339. The van der Waals surface area contributed by atoms with Crippen LogP contribution in [0.15, 0.2) is 42.5 Å². The molecule has 0 spiro atoms. The van der Waals surface area contributed by atoms with Crippen molar-refractivity contribution < 1.29 is 4.57 Å². The van der Waals surface area contributed by atoms with Gasteiger partial charge in [0.1, 0.15) is 0 Å². The van der Waals surface area contributed by atoms with Gasteiger partial charge in [0.2, 0.25) is 0 Å². The zero-order valence-electron chi connectivity index (χ0n) is 13.2. The fourth-order valence-corrected chi connectivity index (χ4v) is 4.53. The number of nitrogens with zero attached hydrogens (tertiary/aromatic N) is 3. The van der Waals surface area contributed by atoms with Gasteiger partial charge in [-0.1, -0.05) is 42.5 Å². The third kappa shape index (κ3) is 4.03. The molecule has 0 saturated carbocycles. The van der Waals surface area contributed by atoms with Crippen LogP contribution in [0.1, 0.15) is 12.5 Å². The predicted octanol–water partition coefficient (Wildman–Crippen LogP) is 3.30. The van der Waals surface area contributed by atoms with Gasteiger partial charge in [-0.3, -0.25) is 4.57 Å². The summed E-state index contributed by atoms with van der Waals surface area (Å²) in [6.45, 7) is 3.31. The highest BCUT2D eigenvalue weighted by atomic mass is 31.2. The fraction of sp³-hybridized carbons (Fsp3) is 0.467. The molecule has 0 radical (unpaired) electrons. The van der Waals surface area contributed by atoms with Crippen LogP contribution in [0.4, 0.5) is 0 Å². The van der Waals surface area contributed by atoms with Crippen molar-refractivity contribution in [2.24, 2.45) is 0 Å². The Balaban J connectivity index is 3.07. The first-order valence-corrected chi connectivity index (χ1v) is 8.35. The molecule has 5 heteroatoms. The quantitative estimate of drug-likeness (QED) is 0.569. The van der Waals surface area contributed by atoms with E-state index in [2.05, 4.69) is 12.1 Å². The summed E-state index contributed by atoms with van der Waals surface area (Å²) in [6.07, 6.45) is 4.04. The highest BCUT2D eigenvalue weighted by Gasteiger charge is 2.35. The number of rotatable bonds is 7. The number of benzene rings is 1. The largest absolute Gasteiger partial charge is 0.286 e. The summed E-state index contributed by atoms with van der Waals surface area (Å²) in [5.74, 6) is 0. The number of allylic oxidation sites excluding steroid dienone is 1. The van der Waals surface area contributed by atoms with Crippen molar-refractivity contribution in [1.29, 1.82) is 0 Å². The smallest absolute Gasteiger partial charge is 0.270 e. The molecular formula is C15H26N3OP. The van der Waals surface area contributed by atoms with Crippen molar-refractivity contribution in [2.45, 2.75) is 13.5 Å². The first-order valence-electron chi connectivity index (χ1n) is 6.79. The van der Waals surface area contributed by atoms with Gasteiger partial charge in [0.25, 0.3) is 7.59 Å². The van der Waals surface area contributed by atoms with E-state index in [4.69, 9.17) is 0 Å². The molecule has 4 nitrogen and oxygen atoms in total. The first-order chi connectivity index (χ1) is 9.42. The number of hydrogen-bond acceptors (Lipinski definition) is 1. The molecule has 20 heavy (non-hydrogen) atoms. The lowest BCUT2D eigenvalue weighted by atomic mass is 10.2. The Labute approximate surface area is 123 Å². The number of hydrogen-bond donors (Lipinski definition) is 0. The molecule has 0 aliphatic heterocycles. The highest BCUT2D eigenvalue weighted by Crippen LogP contribution is 2.53.